The third-order valence-corrected chi connectivity index (χ3v) is 7.39. The fourth-order valence-electron chi connectivity index (χ4n) is 4.31. The lowest BCUT2D eigenvalue weighted by Gasteiger charge is -2.17. The van der Waals surface area contributed by atoms with Gasteiger partial charge in [0.2, 0.25) is 0 Å². The minimum absolute atomic E-state index is 0.0189. The summed E-state index contributed by atoms with van der Waals surface area (Å²) in [6, 6.07) is 19.4. The number of aromatic nitrogens is 2. The Bertz CT molecular complexity index is 1640. The summed E-state index contributed by atoms with van der Waals surface area (Å²) < 4.78 is 29.2. The number of nitrogens with zero attached hydrogens (tertiary/aromatic N) is 1. The zero-order chi connectivity index (χ0) is 23.3. The molecule has 0 atom stereocenters. The lowest BCUT2D eigenvalue weighted by atomic mass is 9.93. The number of H-pyrrole nitrogens is 1. The summed E-state index contributed by atoms with van der Waals surface area (Å²) in [5.74, 6) is -0.0644. The summed E-state index contributed by atoms with van der Waals surface area (Å²) in [5, 5.41) is 31.2. The normalized spacial score (nSPS) is 11.8. The number of phenolic OH excluding ortho intramolecular Hbond substituents is 2. The molecule has 0 aliphatic heterocycles. The molecule has 0 aliphatic rings. The first kappa shape index (κ1) is 20.8. The average molecular weight is 460 g/mol. The maximum atomic E-state index is 13.3. The smallest absolute Gasteiger partial charge is 0.265 e. The Hall–Kier alpha value is -4.04. The van der Waals surface area contributed by atoms with Crippen LogP contribution in [0.25, 0.3) is 32.7 Å². The quantitative estimate of drug-likeness (QED) is 0.275. The monoisotopic (exact) mass is 459 g/mol. The Morgan fingerprint density at radius 1 is 0.879 bits per heavy atom. The molecule has 0 aliphatic carbocycles. The first-order valence-corrected chi connectivity index (χ1v) is 11.8. The first-order chi connectivity index (χ1) is 15.8. The van der Waals surface area contributed by atoms with Crippen LogP contribution in [0.5, 0.6) is 11.5 Å². The molecule has 4 N–H and O–H groups in total. The highest BCUT2D eigenvalue weighted by Crippen LogP contribution is 2.46. The van der Waals surface area contributed by atoms with Crippen LogP contribution in [0.3, 0.4) is 0 Å². The van der Waals surface area contributed by atoms with Crippen molar-refractivity contribution < 1.29 is 18.6 Å². The summed E-state index contributed by atoms with van der Waals surface area (Å²) in [6.45, 7) is 3.26. The predicted molar refractivity (Wildman–Crippen MR) is 129 cm³/mol. The summed E-state index contributed by atoms with van der Waals surface area (Å²) in [5.41, 5.74) is 1.81. The number of benzene rings is 4. The third kappa shape index (κ3) is 3.35. The fourth-order valence-corrected chi connectivity index (χ4v) is 5.75. The summed E-state index contributed by atoms with van der Waals surface area (Å²) in [4.78, 5) is 0.0780. The molecule has 0 amide bonds. The summed E-state index contributed by atoms with van der Waals surface area (Å²) in [6.07, 6.45) is 0. The van der Waals surface area contributed by atoms with Crippen molar-refractivity contribution in [2.45, 2.75) is 18.7 Å². The zero-order valence-corrected chi connectivity index (χ0v) is 18.7. The molecule has 4 aromatic carbocycles. The molecular formula is C25H21N3O4S. The van der Waals surface area contributed by atoms with Gasteiger partial charge in [0.1, 0.15) is 16.4 Å². The molecule has 1 heterocycles. The molecule has 0 unspecified atom stereocenters. The number of aromatic hydroxyl groups is 2. The molecule has 166 valence electrons. The highest BCUT2D eigenvalue weighted by molar-refractivity contribution is 7.92. The molecule has 7 nitrogen and oxygen atoms in total. The van der Waals surface area contributed by atoms with E-state index in [0.717, 1.165) is 10.8 Å². The number of anilines is 1. The number of hydrogen-bond acceptors (Lipinski definition) is 5. The molecular weight excluding hydrogens is 438 g/mol. The second-order valence-electron chi connectivity index (χ2n) is 7.92. The van der Waals surface area contributed by atoms with Crippen LogP contribution in [0, 0.1) is 13.8 Å². The average Bonchev–Trinajstić information content (AvgIpc) is 3.15. The van der Waals surface area contributed by atoms with E-state index in [1.807, 2.05) is 24.3 Å². The number of aryl methyl sites for hydroxylation is 2. The van der Waals surface area contributed by atoms with Crippen LogP contribution in [0.1, 0.15) is 11.4 Å². The van der Waals surface area contributed by atoms with Gasteiger partial charge in [0.15, 0.2) is 0 Å². The van der Waals surface area contributed by atoms with Gasteiger partial charge in [-0.1, -0.05) is 54.6 Å². The third-order valence-electron chi connectivity index (χ3n) is 5.77. The topological polar surface area (TPSA) is 115 Å². The molecule has 33 heavy (non-hydrogen) atoms. The molecule has 0 radical (unpaired) electrons. The van der Waals surface area contributed by atoms with Crippen molar-refractivity contribution >= 4 is 37.3 Å². The van der Waals surface area contributed by atoms with Crippen LogP contribution in [0.2, 0.25) is 0 Å². The number of sulfonamides is 1. The van der Waals surface area contributed by atoms with Gasteiger partial charge in [-0.05, 0) is 36.8 Å². The van der Waals surface area contributed by atoms with Gasteiger partial charge in [0.25, 0.3) is 10.0 Å². The van der Waals surface area contributed by atoms with Gasteiger partial charge in [-0.15, -0.1) is 0 Å². The van der Waals surface area contributed by atoms with Crippen LogP contribution in [0.15, 0.2) is 71.6 Å². The van der Waals surface area contributed by atoms with Crippen LogP contribution in [-0.4, -0.2) is 28.8 Å². The first-order valence-electron chi connectivity index (χ1n) is 10.3. The molecule has 0 bridgehead atoms. The van der Waals surface area contributed by atoms with Gasteiger partial charge < -0.3 is 10.2 Å². The van der Waals surface area contributed by atoms with Gasteiger partial charge in [-0.3, -0.25) is 9.82 Å². The van der Waals surface area contributed by atoms with Crippen molar-refractivity contribution in [2.24, 2.45) is 0 Å². The molecule has 0 fully saturated rings. The van der Waals surface area contributed by atoms with Crippen molar-refractivity contribution in [2.75, 3.05) is 4.72 Å². The van der Waals surface area contributed by atoms with E-state index >= 15 is 0 Å². The standard InChI is InChI=1S/C25H21N3O4S/c1-14-25(15(2)27-26-14)33(31,32)28-21-13-20(24(30)19-10-6-5-9-18(19)21)23-17-8-4-3-7-16(17)11-12-22(23)29/h3-13,28-30H,1-2H3,(H,26,27). The second kappa shape index (κ2) is 7.53. The Kier molecular flexibility index (Phi) is 4.75. The lowest BCUT2D eigenvalue weighted by Crippen LogP contribution is -2.15. The summed E-state index contributed by atoms with van der Waals surface area (Å²) in [7, 11) is -3.98. The van der Waals surface area contributed by atoms with E-state index in [1.54, 1.807) is 56.3 Å². The van der Waals surface area contributed by atoms with Gasteiger partial charge in [-0.25, -0.2) is 8.42 Å². The molecule has 0 spiro atoms. The number of phenols is 2. The molecule has 8 heteroatoms. The Morgan fingerprint density at radius 3 is 2.24 bits per heavy atom. The van der Waals surface area contributed by atoms with Crippen LogP contribution < -0.4 is 4.72 Å². The molecule has 0 saturated heterocycles. The van der Waals surface area contributed by atoms with Gasteiger partial charge >= 0.3 is 0 Å². The Morgan fingerprint density at radius 2 is 1.55 bits per heavy atom. The fraction of sp³-hybridized carbons (Fsp3) is 0.0800. The highest BCUT2D eigenvalue weighted by Gasteiger charge is 2.25. The zero-order valence-electron chi connectivity index (χ0n) is 17.9. The molecule has 5 rings (SSSR count). The van der Waals surface area contributed by atoms with Gasteiger partial charge in [0.05, 0.1) is 17.1 Å². The second-order valence-corrected chi connectivity index (χ2v) is 9.53. The minimum atomic E-state index is -3.98. The van der Waals surface area contributed by atoms with E-state index in [2.05, 4.69) is 14.9 Å². The SMILES string of the molecule is Cc1n[nH]c(C)c1S(=O)(=O)Nc1cc(-c2c(O)ccc3ccccc23)c(O)c2ccccc12. The maximum absolute atomic E-state index is 13.3. The van der Waals surface area contributed by atoms with Crippen molar-refractivity contribution in [3.8, 4) is 22.6 Å². The van der Waals surface area contributed by atoms with Crippen LogP contribution >= 0.6 is 0 Å². The predicted octanol–water partition coefficient (Wildman–Crippen LogP) is 5.21. The molecule has 1 aromatic heterocycles. The van der Waals surface area contributed by atoms with Crippen molar-refractivity contribution in [3.05, 3.63) is 78.1 Å². The maximum Gasteiger partial charge on any atom is 0.265 e. The number of hydrogen-bond donors (Lipinski definition) is 4. The van der Waals surface area contributed by atoms with E-state index < -0.39 is 10.0 Å². The van der Waals surface area contributed by atoms with Gasteiger partial charge in [0, 0.05) is 21.9 Å². The number of fused-ring (bicyclic) bond motifs is 2. The Balaban J connectivity index is 1.80. The highest BCUT2D eigenvalue weighted by atomic mass is 32.2. The van der Waals surface area contributed by atoms with E-state index in [1.165, 1.54) is 0 Å². The van der Waals surface area contributed by atoms with Crippen molar-refractivity contribution in [1.82, 2.24) is 10.2 Å². The minimum Gasteiger partial charge on any atom is -0.507 e. The van der Waals surface area contributed by atoms with E-state index in [9.17, 15) is 18.6 Å². The van der Waals surface area contributed by atoms with E-state index in [-0.39, 0.29) is 22.1 Å². The van der Waals surface area contributed by atoms with Gasteiger partial charge in [-0.2, -0.15) is 5.10 Å². The van der Waals surface area contributed by atoms with E-state index in [4.69, 9.17) is 0 Å². The number of nitrogens with one attached hydrogen (secondary N) is 2. The number of aromatic amines is 1. The number of rotatable bonds is 4. The Labute approximate surface area is 190 Å². The largest absolute Gasteiger partial charge is 0.507 e. The van der Waals surface area contributed by atoms with Crippen LogP contribution in [0.4, 0.5) is 5.69 Å². The lowest BCUT2D eigenvalue weighted by molar-refractivity contribution is 0.472. The van der Waals surface area contributed by atoms with E-state index in [0.29, 0.717) is 33.3 Å². The molecule has 5 aromatic rings. The summed E-state index contributed by atoms with van der Waals surface area (Å²) >= 11 is 0. The van der Waals surface area contributed by atoms with Crippen molar-refractivity contribution in [3.63, 3.8) is 0 Å². The van der Waals surface area contributed by atoms with Crippen LogP contribution in [-0.2, 0) is 10.0 Å². The van der Waals surface area contributed by atoms with Crippen molar-refractivity contribution in [1.29, 1.82) is 0 Å². The molecule has 0 saturated carbocycles.